The number of carbonyl (C=O) groups is 1. The maximum absolute atomic E-state index is 14.4. The number of nitrogens with one attached hydrogen (secondary N) is 3. The number of aliphatic hydroxyl groups is 2. The minimum atomic E-state index is -4.60. The number of carbonyl (C=O) groups excluding carboxylic acids is 1. The Labute approximate surface area is 427 Å². The molecule has 3 saturated heterocycles. The van der Waals surface area contributed by atoms with Crippen molar-refractivity contribution in [2.24, 2.45) is 16.5 Å². The third kappa shape index (κ3) is 10.1. The molecule has 1 amide bonds. The Kier molecular flexibility index (Phi) is 13.4. The fraction of sp³-hybridized carbons (Fsp3) is 0.527. The van der Waals surface area contributed by atoms with E-state index in [4.69, 9.17) is 19.2 Å². The molecule has 4 aliphatic heterocycles. The van der Waals surface area contributed by atoms with E-state index in [0.717, 1.165) is 62.5 Å². The van der Waals surface area contributed by atoms with Gasteiger partial charge in [0, 0.05) is 74.2 Å². The van der Waals surface area contributed by atoms with E-state index in [2.05, 4.69) is 73.0 Å². The second-order valence-electron chi connectivity index (χ2n) is 22.2. The first-order chi connectivity index (χ1) is 35.1. The number of aromatic amines is 1. The van der Waals surface area contributed by atoms with Gasteiger partial charge in [0.2, 0.25) is 0 Å². The molecular weight excluding hydrogens is 949 g/mol. The largest absolute Gasteiger partial charge is 0.489 e. The highest BCUT2D eigenvalue weighted by Gasteiger charge is 2.50. The molecule has 18 heteroatoms. The van der Waals surface area contributed by atoms with Crippen LogP contribution < -0.4 is 29.1 Å². The van der Waals surface area contributed by atoms with Crippen LogP contribution in [-0.4, -0.2) is 121 Å². The highest BCUT2D eigenvalue weighted by atomic mass is 32.2. The minimum absolute atomic E-state index is 0.0459. The van der Waals surface area contributed by atoms with Gasteiger partial charge in [-0.15, -0.1) is 4.91 Å². The number of sulfonamides is 1. The number of nitroso groups, excluding NO2 is 1. The average molecular weight is 1020 g/mol. The minimum Gasteiger partial charge on any atom is -0.489 e. The second-order valence-corrected chi connectivity index (χ2v) is 23.9. The Morgan fingerprint density at radius 1 is 0.986 bits per heavy atom. The average Bonchev–Trinajstić information content (AvgIpc) is 4.04. The van der Waals surface area contributed by atoms with Crippen LogP contribution in [-0.2, 0) is 10.0 Å². The molecule has 2 aliphatic carbocycles. The van der Waals surface area contributed by atoms with Crippen molar-refractivity contribution in [2.45, 2.75) is 126 Å². The molecule has 2 saturated carbocycles. The van der Waals surface area contributed by atoms with Crippen molar-refractivity contribution in [3.05, 3.63) is 94.5 Å². The Bertz CT molecular complexity index is 2970. The fourth-order valence-electron chi connectivity index (χ4n) is 12.6. The van der Waals surface area contributed by atoms with Gasteiger partial charge in [-0.1, -0.05) is 38.1 Å². The molecule has 2 atom stereocenters. The molecule has 0 bridgehead atoms. The van der Waals surface area contributed by atoms with Crippen molar-refractivity contribution in [1.29, 1.82) is 0 Å². The Morgan fingerprint density at radius 3 is 2.52 bits per heavy atom. The van der Waals surface area contributed by atoms with Crippen molar-refractivity contribution < 1.29 is 37.6 Å². The van der Waals surface area contributed by atoms with Gasteiger partial charge in [0.05, 0.1) is 28.2 Å². The maximum Gasteiger partial charge on any atom is 0.268 e. The number of H-pyrrole nitrogens is 1. The van der Waals surface area contributed by atoms with Gasteiger partial charge in [0.1, 0.15) is 41.7 Å². The summed E-state index contributed by atoms with van der Waals surface area (Å²) in [5, 5.41) is 27.6. The highest BCUT2D eigenvalue weighted by Crippen LogP contribution is 2.54. The quantitative estimate of drug-likeness (QED) is 0.0621. The number of amides is 1. The van der Waals surface area contributed by atoms with Crippen LogP contribution in [0, 0.1) is 16.2 Å². The van der Waals surface area contributed by atoms with Gasteiger partial charge in [-0.3, -0.25) is 14.6 Å². The monoisotopic (exact) mass is 1020 g/mol. The Balaban J connectivity index is 0.830. The lowest BCUT2D eigenvalue weighted by atomic mass is 9.59. The number of hydrogen-bond acceptors (Lipinski definition) is 15. The molecule has 5 fully saturated rings. The molecule has 5 N–H and O–H groups in total. The van der Waals surface area contributed by atoms with Crippen LogP contribution in [0.2, 0.25) is 0 Å². The number of β-amino-alcohol motifs (C(OH)–C–C–N with tert-alkyl or cyclic N) is 1. The van der Waals surface area contributed by atoms with E-state index < -0.39 is 21.5 Å². The van der Waals surface area contributed by atoms with Gasteiger partial charge in [-0.2, -0.15) is 4.98 Å². The lowest BCUT2D eigenvalue weighted by Crippen LogP contribution is -2.54. The zero-order valence-electron chi connectivity index (χ0n) is 42.0. The van der Waals surface area contributed by atoms with E-state index >= 15 is 0 Å². The molecule has 1 spiro atoms. The number of ether oxygens (including phenoxy) is 3. The molecule has 1 unspecified atom stereocenters. The Hall–Kier alpha value is -5.79. The number of rotatable bonds is 15. The van der Waals surface area contributed by atoms with Crippen LogP contribution in [0.25, 0.3) is 11.0 Å². The lowest BCUT2D eigenvalue weighted by Gasteiger charge is -2.56. The normalized spacial score (nSPS) is 24.6. The van der Waals surface area contributed by atoms with Gasteiger partial charge in [0.25, 0.3) is 21.8 Å². The van der Waals surface area contributed by atoms with Gasteiger partial charge in [-0.05, 0) is 142 Å². The number of fused-ring (bicyclic) bond motifs is 2. The number of pyridine rings is 1. The maximum atomic E-state index is 14.4. The van der Waals surface area contributed by atoms with Crippen molar-refractivity contribution in [1.82, 2.24) is 24.5 Å². The SMILES string of the molecule is CC(C)c1ccccc1[C@@H]1CCCN1C1CC2(CCN(c3ccc(C(=O)NS(=O)(=O)c4cc(N=O)c5c(c4)OCC(C4CCC(C)(O)CC4)N5)c(Oc4cc5cc[nH]c5nc4OCCN4CC(O)C4)c3)CC2)C1. The summed E-state index contributed by atoms with van der Waals surface area (Å²) in [6, 6.07) is 21.1. The molecule has 17 nitrogen and oxygen atoms in total. The number of piperidine rings is 1. The molecule has 73 heavy (non-hydrogen) atoms. The van der Waals surface area contributed by atoms with Crippen LogP contribution >= 0.6 is 0 Å². The number of aliphatic hydroxyl groups excluding tert-OH is 1. The van der Waals surface area contributed by atoms with E-state index in [1.807, 2.05) is 19.1 Å². The first-order valence-electron chi connectivity index (χ1n) is 26.3. The van der Waals surface area contributed by atoms with Crippen LogP contribution in [0.1, 0.15) is 118 Å². The third-order valence-corrected chi connectivity index (χ3v) is 18.2. The number of nitrogens with zero attached hydrogens (tertiary/aromatic N) is 5. The molecule has 3 aromatic carbocycles. The number of benzene rings is 3. The van der Waals surface area contributed by atoms with E-state index in [1.54, 1.807) is 24.4 Å². The van der Waals surface area contributed by atoms with E-state index in [0.29, 0.717) is 56.1 Å². The van der Waals surface area contributed by atoms with E-state index in [-0.39, 0.29) is 81.7 Å². The van der Waals surface area contributed by atoms with E-state index in [1.165, 1.54) is 42.9 Å². The summed E-state index contributed by atoms with van der Waals surface area (Å²) in [4.78, 5) is 41.3. The summed E-state index contributed by atoms with van der Waals surface area (Å²) in [6.45, 7) is 11.3. The van der Waals surface area contributed by atoms with Crippen LogP contribution in [0.3, 0.4) is 0 Å². The summed E-state index contributed by atoms with van der Waals surface area (Å²) in [5.74, 6) is 0.366. The number of likely N-dealkylation sites (tertiary alicyclic amines) is 2. The van der Waals surface area contributed by atoms with Gasteiger partial charge < -0.3 is 39.6 Å². The van der Waals surface area contributed by atoms with Crippen molar-refractivity contribution in [3.8, 4) is 23.1 Å². The number of anilines is 2. The van der Waals surface area contributed by atoms with Crippen LogP contribution in [0.5, 0.6) is 23.1 Å². The molecule has 6 aliphatic rings. The Morgan fingerprint density at radius 2 is 1.77 bits per heavy atom. The van der Waals surface area contributed by atoms with Gasteiger partial charge in [-0.25, -0.2) is 13.1 Å². The van der Waals surface area contributed by atoms with Crippen LogP contribution in [0.4, 0.5) is 17.1 Å². The smallest absolute Gasteiger partial charge is 0.268 e. The molecule has 0 radical (unpaired) electrons. The molecular formula is C55H68N8O9S. The number of aromatic nitrogens is 2. The molecule has 388 valence electrons. The predicted octanol–water partition coefficient (Wildman–Crippen LogP) is 8.75. The molecule has 5 aromatic rings. The summed E-state index contributed by atoms with van der Waals surface area (Å²) in [5.41, 5.74) is 3.99. The molecule has 2 aromatic heterocycles. The predicted molar refractivity (Wildman–Crippen MR) is 279 cm³/mol. The van der Waals surface area contributed by atoms with Gasteiger partial charge >= 0.3 is 0 Å². The summed E-state index contributed by atoms with van der Waals surface area (Å²) >= 11 is 0. The topological polar surface area (TPSA) is 211 Å². The lowest BCUT2D eigenvalue weighted by molar-refractivity contribution is -0.0227. The zero-order valence-corrected chi connectivity index (χ0v) is 42.8. The highest BCUT2D eigenvalue weighted by molar-refractivity contribution is 7.90. The third-order valence-electron chi connectivity index (χ3n) is 16.9. The summed E-state index contributed by atoms with van der Waals surface area (Å²) in [7, 11) is -4.60. The van der Waals surface area contributed by atoms with Crippen LogP contribution in [0.15, 0.2) is 83.0 Å². The number of hydrogen-bond donors (Lipinski definition) is 5. The first kappa shape index (κ1) is 49.4. The summed E-state index contributed by atoms with van der Waals surface area (Å²) < 4.78 is 49.5. The van der Waals surface area contributed by atoms with Crippen molar-refractivity contribution >= 4 is 44.0 Å². The fourth-order valence-corrected chi connectivity index (χ4v) is 13.6. The van der Waals surface area contributed by atoms with Crippen molar-refractivity contribution in [2.75, 3.05) is 62.7 Å². The second kappa shape index (κ2) is 19.8. The zero-order chi connectivity index (χ0) is 50.6. The van der Waals surface area contributed by atoms with Gasteiger partial charge in [0.15, 0.2) is 5.75 Å². The van der Waals surface area contributed by atoms with Crippen molar-refractivity contribution in [3.63, 3.8) is 0 Å². The van der Waals surface area contributed by atoms with E-state index in [9.17, 15) is 28.3 Å². The molecule has 6 heterocycles. The molecule has 11 rings (SSSR count). The first-order valence-corrected chi connectivity index (χ1v) is 27.7. The standard InChI is InChI=1S/C55H68N8O9S/c1-34(2)41-7-4-5-8-42(41)46-9-6-20-63(46)38-29-55(30-38)17-21-62(22-18-55)37-10-11-43(47(26-37)72-49-25-36-14-19-56-51(36)58-53(49)70-24-23-61-31-39(64)32-61)52(65)60-73(68,69)40-27-44(59-67)50-48(28-40)71-33-45(57-50)35-12-15-54(3,66)16-13-35/h4-5,7-8,10-11,14,19,25-28,34-35,38-39,45-46,57,64,66H,6,9,12-13,15-18,20-24,29-33H2,1-3H3,(H,56,58)(H,60,65)/t35?,45?,46-,54?/m0/s1. The summed E-state index contributed by atoms with van der Waals surface area (Å²) in [6.07, 6.45) is 11.1.